The molecule has 1 aromatic carbocycles. The van der Waals surface area contributed by atoms with E-state index in [1.165, 1.54) is 6.92 Å². The number of carbonyl (C=O) groups is 1. The Kier molecular flexibility index (Phi) is 6.57. The molecule has 2 N–H and O–H groups in total. The van der Waals surface area contributed by atoms with Crippen LogP contribution >= 0.6 is 11.6 Å². The fourth-order valence-electron chi connectivity index (χ4n) is 2.32. The number of aryl methyl sites for hydroxylation is 2. The predicted octanol–water partition coefficient (Wildman–Crippen LogP) is 1.97. The third-order valence-corrected chi connectivity index (χ3v) is 5.49. The summed E-state index contributed by atoms with van der Waals surface area (Å²) >= 11 is 5.81. The molecule has 2 rings (SSSR count). The molecule has 1 aromatic heterocycles. The minimum absolute atomic E-state index is 0.000822. The van der Waals surface area contributed by atoms with Crippen molar-refractivity contribution in [3.63, 3.8) is 0 Å². The van der Waals surface area contributed by atoms with Gasteiger partial charge in [0.25, 0.3) is 0 Å². The Morgan fingerprint density at radius 1 is 1.20 bits per heavy atom. The molecule has 1 amide bonds. The van der Waals surface area contributed by atoms with E-state index in [-0.39, 0.29) is 35.2 Å². The number of carbonyl (C=O) groups excluding carboxylic acids is 1. The molecule has 0 aliphatic carbocycles. The second-order valence-corrected chi connectivity index (χ2v) is 7.67. The van der Waals surface area contributed by atoms with Crippen molar-refractivity contribution in [1.82, 2.24) is 15.2 Å². The smallest absolute Gasteiger partial charge is 0.245 e. The molecule has 136 valence electrons. The van der Waals surface area contributed by atoms with Crippen LogP contribution in [0.2, 0.25) is 5.02 Å². The van der Waals surface area contributed by atoms with Crippen LogP contribution in [0, 0.1) is 13.8 Å². The molecule has 0 unspecified atom stereocenters. The zero-order valence-corrected chi connectivity index (χ0v) is 15.6. The summed E-state index contributed by atoms with van der Waals surface area (Å²) in [4.78, 5) is 11.8. The van der Waals surface area contributed by atoms with Gasteiger partial charge in [0.1, 0.15) is 10.6 Å². The Bertz CT molecular complexity index is 812. The number of nitrogens with zero attached hydrogens (tertiary/aromatic N) is 1. The molecule has 0 saturated heterocycles. The molecule has 0 aliphatic heterocycles. The lowest BCUT2D eigenvalue weighted by Crippen LogP contribution is -2.32. The number of benzene rings is 1. The van der Waals surface area contributed by atoms with E-state index in [0.717, 1.165) is 5.56 Å². The van der Waals surface area contributed by atoms with Crippen LogP contribution in [0.3, 0.4) is 0 Å². The van der Waals surface area contributed by atoms with Gasteiger partial charge in [0.2, 0.25) is 15.9 Å². The number of aromatic nitrogens is 1. The maximum atomic E-state index is 12.2. The lowest BCUT2D eigenvalue weighted by molar-refractivity contribution is -0.120. The number of sulfonamides is 1. The van der Waals surface area contributed by atoms with E-state index in [1.54, 1.807) is 19.1 Å². The Morgan fingerprint density at radius 2 is 1.88 bits per heavy atom. The number of hydrogen-bond donors (Lipinski definition) is 2. The summed E-state index contributed by atoms with van der Waals surface area (Å²) in [5.74, 6) is -0.00663. The van der Waals surface area contributed by atoms with Crippen LogP contribution in [0.5, 0.6) is 0 Å². The predicted molar refractivity (Wildman–Crippen MR) is 93.9 cm³/mol. The number of nitrogens with one attached hydrogen (secondary N) is 2. The van der Waals surface area contributed by atoms with Gasteiger partial charge in [-0.25, -0.2) is 13.1 Å². The number of amides is 1. The van der Waals surface area contributed by atoms with Crippen molar-refractivity contribution in [3.8, 4) is 0 Å². The van der Waals surface area contributed by atoms with Gasteiger partial charge in [0.15, 0.2) is 5.76 Å². The highest BCUT2D eigenvalue weighted by Crippen LogP contribution is 2.18. The number of halogens is 1. The maximum absolute atomic E-state index is 12.2. The van der Waals surface area contributed by atoms with Crippen LogP contribution in [-0.4, -0.2) is 32.6 Å². The van der Waals surface area contributed by atoms with E-state index in [1.807, 2.05) is 12.1 Å². The second-order valence-electron chi connectivity index (χ2n) is 5.53. The summed E-state index contributed by atoms with van der Waals surface area (Å²) in [7, 11) is -3.74. The first-order chi connectivity index (χ1) is 11.8. The maximum Gasteiger partial charge on any atom is 0.245 e. The highest BCUT2D eigenvalue weighted by Gasteiger charge is 2.23. The lowest BCUT2D eigenvalue weighted by Gasteiger charge is -2.07. The van der Waals surface area contributed by atoms with Crippen molar-refractivity contribution < 1.29 is 17.7 Å². The Balaban J connectivity index is 1.74. The molecule has 9 heteroatoms. The van der Waals surface area contributed by atoms with Gasteiger partial charge in [-0.05, 0) is 38.0 Å². The van der Waals surface area contributed by atoms with Crippen molar-refractivity contribution >= 4 is 27.5 Å². The molecule has 25 heavy (non-hydrogen) atoms. The summed E-state index contributed by atoms with van der Waals surface area (Å²) in [6.45, 7) is 3.54. The fourth-order valence-corrected chi connectivity index (χ4v) is 3.80. The van der Waals surface area contributed by atoms with E-state index in [0.29, 0.717) is 18.0 Å². The molecular formula is C16H20ClN3O4S. The SMILES string of the molecule is Cc1noc(C)c1S(=O)(=O)NCCC(=O)NCCc1ccc(Cl)cc1. The van der Waals surface area contributed by atoms with Gasteiger partial charge in [-0.3, -0.25) is 4.79 Å². The van der Waals surface area contributed by atoms with E-state index in [4.69, 9.17) is 16.1 Å². The average molecular weight is 386 g/mol. The summed E-state index contributed by atoms with van der Waals surface area (Å²) in [6, 6.07) is 7.38. The monoisotopic (exact) mass is 385 g/mol. The molecule has 0 spiro atoms. The van der Waals surface area contributed by atoms with E-state index >= 15 is 0 Å². The van der Waals surface area contributed by atoms with Gasteiger partial charge >= 0.3 is 0 Å². The Morgan fingerprint density at radius 3 is 2.48 bits per heavy atom. The molecule has 1 heterocycles. The second kappa shape index (κ2) is 8.46. The normalized spacial score (nSPS) is 11.5. The molecule has 0 atom stereocenters. The van der Waals surface area contributed by atoms with Gasteiger partial charge in [-0.15, -0.1) is 0 Å². The molecule has 2 aromatic rings. The number of hydrogen-bond acceptors (Lipinski definition) is 5. The van der Waals surface area contributed by atoms with Crippen LogP contribution in [0.1, 0.15) is 23.4 Å². The van der Waals surface area contributed by atoms with Crippen LogP contribution < -0.4 is 10.0 Å². The van der Waals surface area contributed by atoms with Gasteiger partial charge in [-0.1, -0.05) is 28.9 Å². The highest BCUT2D eigenvalue weighted by atomic mass is 35.5. The van der Waals surface area contributed by atoms with Crippen LogP contribution in [0.15, 0.2) is 33.7 Å². The minimum Gasteiger partial charge on any atom is -0.360 e. The first-order valence-corrected chi connectivity index (χ1v) is 9.59. The van der Waals surface area contributed by atoms with E-state index in [9.17, 15) is 13.2 Å². The molecule has 0 saturated carbocycles. The largest absolute Gasteiger partial charge is 0.360 e. The van der Waals surface area contributed by atoms with Crippen molar-refractivity contribution in [2.75, 3.05) is 13.1 Å². The fraction of sp³-hybridized carbons (Fsp3) is 0.375. The van der Waals surface area contributed by atoms with E-state index < -0.39 is 10.0 Å². The third kappa shape index (κ3) is 5.55. The lowest BCUT2D eigenvalue weighted by atomic mass is 10.1. The van der Waals surface area contributed by atoms with Gasteiger partial charge in [-0.2, -0.15) is 0 Å². The first-order valence-electron chi connectivity index (χ1n) is 7.73. The summed E-state index contributed by atoms with van der Waals surface area (Å²) in [5.41, 5.74) is 1.35. The minimum atomic E-state index is -3.74. The summed E-state index contributed by atoms with van der Waals surface area (Å²) in [6.07, 6.45) is 0.719. The molecule has 0 aliphatic rings. The topological polar surface area (TPSA) is 101 Å². The van der Waals surface area contributed by atoms with Crippen molar-refractivity contribution in [2.45, 2.75) is 31.6 Å². The van der Waals surface area contributed by atoms with Crippen LogP contribution in [0.25, 0.3) is 0 Å². The molecule has 7 nitrogen and oxygen atoms in total. The zero-order chi connectivity index (χ0) is 18.4. The Hall–Kier alpha value is -1.90. The molecular weight excluding hydrogens is 366 g/mol. The summed E-state index contributed by atoms with van der Waals surface area (Å²) in [5, 5.41) is 7.04. The zero-order valence-electron chi connectivity index (χ0n) is 14.0. The first kappa shape index (κ1) is 19.4. The quantitative estimate of drug-likeness (QED) is 0.723. The van der Waals surface area contributed by atoms with Gasteiger partial charge < -0.3 is 9.84 Å². The summed E-state index contributed by atoms with van der Waals surface area (Å²) < 4.78 is 31.6. The highest BCUT2D eigenvalue weighted by molar-refractivity contribution is 7.89. The van der Waals surface area contributed by atoms with Gasteiger partial charge in [0.05, 0.1) is 0 Å². The third-order valence-electron chi connectivity index (χ3n) is 3.53. The van der Waals surface area contributed by atoms with Crippen molar-refractivity contribution in [2.24, 2.45) is 0 Å². The standard InChI is InChI=1S/C16H20ClN3O4S/c1-11-16(12(2)24-20-11)25(22,23)19-10-8-15(21)18-9-7-13-3-5-14(17)6-4-13/h3-6,19H,7-10H2,1-2H3,(H,18,21). The van der Waals surface area contributed by atoms with Crippen molar-refractivity contribution in [3.05, 3.63) is 46.3 Å². The van der Waals surface area contributed by atoms with E-state index in [2.05, 4.69) is 15.2 Å². The molecule has 0 bridgehead atoms. The van der Waals surface area contributed by atoms with Crippen LogP contribution in [-0.2, 0) is 21.2 Å². The van der Waals surface area contributed by atoms with Crippen LogP contribution in [0.4, 0.5) is 0 Å². The Labute approximate surface area is 151 Å². The van der Waals surface area contributed by atoms with Crippen molar-refractivity contribution in [1.29, 1.82) is 0 Å². The van der Waals surface area contributed by atoms with Gasteiger partial charge in [0, 0.05) is 24.5 Å². The number of rotatable bonds is 8. The molecule has 0 radical (unpaired) electrons. The average Bonchev–Trinajstić information content (AvgIpc) is 2.88. The molecule has 0 fully saturated rings.